The van der Waals surface area contributed by atoms with E-state index in [0.29, 0.717) is 6.04 Å². The van der Waals surface area contributed by atoms with Gasteiger partial charge >= 0.3 is 0 Å². The smallest absolute Gasteiger partial charge is 0.105 e. The quantitative estimate of drug-likeness (QED) is 0.822. The van der Waals surface area contributed by atoms with Crippen molar-refractivity contribution in [1.29, 1.82) is 0 Å². The third-order valence-corrected chi connectivity index (χ3v) is 4.17. The highest BCUT2D eigenvalue weighted by Crippen LogP contribution is 2.25. The van der Waals surface area contributed by atoms with Crippen LogP contribution in [0.25, 0.3) is 0 Å². The fourth-order valence-electron chi connectivity index (χ4n) is 2.29. The van der Waals surface area contributed by atoms with Crippen LogP contribution >= 0.6 is 11.3 Å². The number of rotatable bonds is 3. The molecule has 0 bridgehead atoms. The SMILES string of the molecule is CN1C[C@@H](c2ccccc2)N=C1Cc1cccs1. The van der Waals surface area contributed by atoms with Gasteiger partial charge in [0.2, 0.25) is 0 Å². The number of hydrogen-bond acceptors (Lipinski definition) is 3. The van der Waals surface area contributed by atoms with Crippen LogP contribution in [0.15, 0.2) is 52.8 Å². The van der Waals surface area contributed by atoms with Gasteiger partial charge in [-0.15, -0.1) is 11.3 Å². The van der Waals surface area contributed by atoms with Gasteiger partial charge in [-0.2, -0.15) is 0 Å². The summed E-state index contributed by atoms with van der Waals surface area (Å²) in [5.41, 5.74) is 1.31. The predicted octanol–water partition coefficient (Wildman–Crippen LogP) is 3.38. The molecule has 1 aromatic heterocycles. The molecular formula is C15H16N2S. The van der Waals surface area contributed by atoms with Crippen molar-refractivity contribution >= 4 is 17.2 Å². The minimum Gasteiger partial charge on any atom is -0.361 e. The van der Waals surface area contributed by atoms with E-state index in [1.165, 1.54) is 16.3 Å². The van der Waals surface area contributed by atoms with E-state index >= 15 is 0 Å². The summed E-state index contributed by atoms with van der Waals surface area (Å²) in [6, 6.07) is 15.1. The molecule has 2 aromatic rings. The van der Waals surface area contributed by atoms with Gasteiger partial charge in [0.25, 0.3) is 0 Å². The fourth-order valence-corrected chi connectivity index (χ4v) is 2.99. The first-order chi connectivity index (χ1) is 8.83. The van der Waals surface area contributed by atoms with E-state index in [1.54, 1.807) is 11.3 Å². The van der Waals surface area contributed by atoms with Crippen LogP contribution in [0, 0.1) is 0 Å². The second-order valence-corrected chi connectivity index (χ2v) is 5.64. The van der Waals surface area contributed by atoms with Gasteiger partial charge in [-0.25, -0.2) is 0 Å². The van der Waals surface area contributed by atoms with Crippen LogP contribution in [0.1, 0.15) is 16.5 Å². The molecule has 0 spiro atoms. The van der Waals surface area contributed by atoms with Gasteiger partial charge in [-0.05, 0) is 17.0 Å². The molecule has 92 valence electrons. The molecule has 1 aliphatic heterocycles. The summed E-state index contributed by atoms with van der Waals surface area (Å²) in [7, 11) is 2.13. The van der Waals surface area contributed by atoms with Crippen molar-refractivity contribution in [2.45, 2.75) is 12.5 Å². The lowest BCUT2D eigenvalue weighted by Gasteiger charge is -2.14. The summed E-state index contributed by atoms with van der Waals surface area (Å²) < 4.78 is 0. The average Bonchev–Trinajstić information content (AvgIpc) is 3.02. The minimum atomic E-state index is 0.297. The average molecular weight is 256 g/mol. The van der Waals surface area contributed by atoms with Crippen molar-refractivity contribution in [3.8, 4) is 0 Å². The summed E-state index contributed by atoms with van der Waals surface area (Å²) in [6.07, 6.45) is 0.956. The van der Waals surface area contributed by atoms with Gasteiger partial charge in [0.05, 0.1) is 6.04 Å². The van der Waals surface area contributed by atoms with Gasteiger partial charge < -0.3 is 4.90 Å². The largest absolute Gasteiger partial charge is 0.361 e. The first kappa shape index (κ1) is 11.5. The number of thiophene rings is 1. The number of benzene rings is 1. The van der Waals surface area contributed by atoms with Crippen LogP contribution in [-0.4, -0.2) is 24.3 Å². The molecule has 0 aliphatic carbocycles. The third-order valence-electron chi connectivity index (χ3n) is 3.29. The van der Waals surface area contributed by atoms with E-state index in [1.807, 2.05) is 0 Å². The number of hydrogen-bond donors (Lipinski definition) is 0. The maximum Gasteiger partial charge on any atom is 0.105 e. The Morgan fingerprint density at radius 1 is 1.22 bits per heavy atom. The molecule has 2 nitrogen and oxygen atoms in total. The lowest BCUT2D eigenvalue weighted by molar-refractivity contribution is 0.502. The number of nitrogens with zero attached hydrogens (tertiary/aromatic N) is 2. The zero-order valence-corrected chi connectivity index (χ0v) is 11.2. The zero-order chi connectivity index (χ0) is 12.4. The van der Waals surface area contributed by atoms with Crippen molar-refractivity contribution in [1.82, 2.24) is 4.90 Å². The molecule has 0 radical (unpaired) electrons. The molecule has 2 heterocycles. The molecule has 1 aromatic carbocycles. The maximum absolute atomic E-state index is 4.86. The van der Waals surface area contributed by atoms with Gasteiger partial charge in [-0.1, -0.05) is 36.4 Å². The summed E-state index contributed by atoms with van der Waals surface area (Å²) in [6.45, 7) is 0.991. The minimum absolute atomic E-state index is 0.297. The summed E-state index contributed by atoms with van der Waals surface area (Å²) in [4.78, 5) is 8.52. The van der Waals surface area contributed by atoms with Crippen molar-refractivity contribution in [2.24, 2.45) is 4.99 Å². The molecule has 18 heavy (non-hydrogen) atoms. The predicted molar refractivity (Wildman–Crippen MR) is 77.3 cm³/mol. The molecule has 0 amide bonds. The van der Waals surface area contributed by atoms with Crippen molar-refractivity contribution in [3.05, 3.63) is 58.3 Å². The molecule has 0 unspecified atom stereocenters. The van der Waals surface area contributed by atoms with E-state index in [-0.39, 0.29) is 0 Å². The molecular weight excluding hydrogens is 240 g/mol. The summed E-state index contributed by atoms with van der Waals surface area (Å²) in [5.74, 6) is 1.20. The van der Waals surface area contributed by atoms with Gasteiger partial charge in [-0.3, -0.25) is 4.99 Å². The Bertz CT molecular complexity index is 531. The van der Waals surface area contributed by atoms with Crippen LogP contribution in [0.2, 0.25) is 0 Å². The molecule has 0 saturated carbocycles. The van der Waals surface area contributed by atoms with Crippen LogP contribution in [0.5, 0.6) is 0 Å². The van der Waals surface area contributed by atoms with E-state index in [0.717, 1.165) is 13.0 Å². The second kappa shape index (κ2) is 4.94. The molecule has 0 saturated heterocycles. The Morgan fingerprint density at radius 3 is 2.78 bits per heavy atom. The molecule has 0 N–H and O–H groups in total. The van der Waals surface area contributed by atoms with Crippen molar-refractivity contribution in [2.75, 3.05) is 13.6 Å². The van der Waals surface area contributed by atoms with Gasteiger partial charge in [0.1, 0.15) is 5.84 Å². The van der Waals surface area contributed by atoms with E-state index in [2.05, 4.69) is 59.8 Å². The van der Waals surface area contributed by atoms with Crippen LogP contribution < -0.4 is 0 Å². The lowest BCUT2D eigenvalue weighted by atomic mass is 10.1. The molecule has 1 aliphatic rings. The molecule has 3 heteroatoms. The standard InChI is InChI=1S/C15H16N2S/c1-17-11-14(12-6-3-2-4-7-12)16-15(17)10-13-8-5-9-18-13/h2-9,14H,10-11H2,1H3/t14-/m0/s1. The van der Waals surface area contributed by atoms with Crippen molar-refractivity contribution in [3.63, 3.8) is 0 Å². The summed E-state index contributed by atoms with van der Waals surface area (Å²) in [5, 5.41) is 2.12. The fraction of sp³-hybridized carbons (Fsp3) is 0.267. The Hall–Kier alpha value is -1.61. The van der Waals surface area contributed by atoms with Gasteiger partial charge in [0, 0.05) is 24.9 Å². The van der Waals surface area contributed by atoms with E-state index in [9.17, 15) is 0 Å². The first-order valence-corrected chi connectivity index (χ1v) is 7.06. The highest BCUT2D eigenvalue weighted by molar-refractivity contribution is 7.10. The lowest BCUT2D eigenvalue weighted by Crippen LogP contribution is -2.24. The Labute approximate surface area is 112 Å². The molecule has 3 rings (SSSR count). The molecule has 1 atom stereocenters. The van der Waals surface area contributed by atoms with Gasteiger partial charge in [0.15, 0.2) is 0 Å². The van der Waals surface area contributed by atoms with E-state index in [4.69, 9.17) is 4.99 Å². The Kier molecular flexibility index (Phi) is 3.15. The maximum atomic E-state index is 4.86. The van der Waals surface area contributed by atoms with Crippen LogP contribution in [-0.2, 0) is 6.42 Å². The highest BCUT2D eigenvalue weighted by Gasteiger charge is 2.23. The monoisotopic (exact) mass is 256 g/mol. The topological polar surface area (TPSA) is 15.6 Å². The molecule has 0 fully saturated rings. The zero-order valence-electron chi connectivity index (χ0n) is 10.4. The van der Waals surface area contributed by atoms with E-state index < -0.39 is 0 Å². The van der Waals surface area contributed by atoms with Crippen LogP contribution in [0.4, 0.5) is 0 Å². The number of aliphatic imine (C=N–C) groups is 1. The highest BCUT2D eigenvalue weighted by atomic mass is 32.1. The Morgan fingerprint density at radius 2 is 2.06 bits per heavy atom. The third kappa shape index (κ3) is 2.31. The normalized spacial score (nSPS) is 19.1. The number of likely N-dealkylation sites (N-methyl/N-ethyl adjacent to an activating group) is 1. The second-order valence-electron chi connectivity index (χ2n) is 4.61. The van der Waals surface area contributed by atoms with Crippen molar-refractivity contribution < 1.29 is 0 Å². The summed E-state index contributed by atoms with van der Waals surface area (Å²) >= 11 is 1.80. The number of amidine groups is 1. The van der Waals surface area contributed by atoms with Crippen LogP contribution in [0.3, 0.4) is 0 Å². The Balaban J connectivity index is 1.79. The first-order valence-electron chi connectivity index (χ1n) is 6.18.